The van der Waals surface area contributed by atoms with Crippen LogP contribution < -0.4 is 14.8 Å². The van der Waals surface area contributed by atoms with Crippen LogP contribution in [0.2, 0.25) is 0 Å². The number of ether oxygens (including phenoxy) is 2. The third-order valence-electron chi connectivity index (χ3n) is 4.65. The number of alkyl halides is 3. The predicted molar refractivity (Wildman–Crippen MR) is 110 cm³/mol. The first kappa shape index (κ1) is 24.1. The zero-order valence-electron chi connectivity index (χ0n) is 17.8. The molecular weight excluding hydrogens is 409 g/mol. The molecule has 2 atom stereocenters. The van der Waals surface area contributed by atoms with Crippen LogP contribution in [0, 0.1) is 17.2 Å². The fraction of sp³-hybridized carbons (Fsp3) is 0.391. The number of hydrogen-bond donors (Lipinski definition) is 1. The molecule has 0 spiro atoms. The summed E-state index contributed by atoms with van der Waals surface area (Å²) in [6, 6.07) is 11.4. The van der Waals surface area contributed by atoms with E-state index in [9.17, 15) is 18.0 Å². The van der Waals surface area contributed by atoms with Gasteiger partial charge in [0.05, 0.1) is 30.3 Å². The maximum Gasteiger partial charge on any atom is 0.417 e. The van der Waals surface area contributed by atoms with Gasteiger partial charge in [-0.15, -0.1) is 0 Å². The summed E-state index contributed by atoms with van der Waals surface area (Å²) in [5, 5.41) is 11.8. The molecule has 0 saturated heterocycles. The smallest absolute Gasteiger partial charge is 0.417 e. The molecule has 0 aromatic heterocycles. The minimum atomic E-state index is -4.71. The lowest BCUT2D eigenvalue weighted by molar-refractivity contribution is -0.137. The lowest BCUT2D eigenvalue weighted by Crippen LogP contribution is -2.40. The van der Waals surface area contributed by atoms with E-state index >= 15 is 0 Å². The van der Waals surface area contributed by atoms with Crippen molar-refractivity contribution in [2.45, 2.75) is 45.5 Å². The van der Waals surface area contributed by atoms with Crippen molar-refractivity contribution in [2.24, 2.45) is 5.92 Å². The second-order valence-corrected chi connectivity index (χ2v) is 7.56. The molecule has 0 heterocycles. The highest BCUT2D eigenvalue weighted by molar-refractivity contribution is 5.81. The maximum absolute atomic E-state index is 13.2. The molecule has 5 nitrogen and oxygen atoms in total. The number of hydrogen-bond acceptors (Lipinski definition) is 4. The Morgan fingerprint density at radius 3 is 2.23 bits per heavy atom. The molecule has 2 aromatic carbocycles. The minimum Gasteiger partial charge on any atom is -0.497 e. The summed E-state index contributed by atoms with van der Waals surface area (Å²) in [4.78, 5) is 12.9. The van der Waals surface area contributed by atoms with Crippen molar-refractivity contribution in [1.29, 1.82) is 5.26 Å². The van der Waals surface area contributed by atoms with Gasteiger partial charge in [0.2, 0.25) is 0 Å². The van der Waals surface area contributed by atoms with Gasteiger partial charge in [-0.25, -0.2) is 0 Å². The van der Waals surface area contributed by atoms with Crippen LogP contribution in [-0.2, 0) is 11.0 Å². The quantitative estimate of drug-likeness (QED) is 0.616. The zero-order valence-corrected chi connectivity index (χ0v) is 17.8. The number of carbonyl (C=O) groups is 1. The standard InChI is InChI=1S/C23H25F3N2O3/c1-14(2)11-21(22(29)28-15(3)16-5-8-18(30-4)9-6-16)31-19-10-7-17(13-27)20(12-19)23(24,25)26/h5-10,12,14-15,21H,11H2,1-4H3,(H,28,29)/t15-,21?/m1/s1. The fourth-order valence-corrected chi connectivity index (χ4v) is 3.01. The third kappa shape index (κ3) is 6.64. The van der Waals surface area contributed by atoms with Gasteiger partial charge in [0.1, 0.15) is 11.5 Å². The predicted octanol–water partition coefficient (Wildman–Crippen LogP) is 5.26. The molecule has 0 saturated carbocycles. The summed E-state index contributed by atoms with van der Waals surface area (Å²) in [6.07, 6.45) is -5.39. The number of nitriles is 1. The number of rotatable bonds is 8. The van der Waals surface area contributed by atoms with Gasteiger partial charge in [0.15, 0.2) is 6.10 Å². The van der Waals surface area contributed by atoms with Crippen LogP contribution >= 0.6 is 0 Å². The summed E-state index contributed by atoms with van der Waals surface area (Å²) in [5.41, 5.74) is -0.754. The molecule has 0 bridgehead atoms. The largest absolute Gasteiger partial charge is 0.497 e. The first-order valence-electron chi connectivity index (χ1n) is 9.77. The number of nitrogens with zero attached hydrogens (tertiary/aromatic N) is 1. The minimum absolute atomic E-state index is 0.0625. The number of nitrogens with one attached hydrogen (secondary N) is 1. The fourth-order valence-electron chi connectivity index (χ4n) is 3.01. The molecule has 1 amide bonds. The average Bonchev–Trinajstić information content (AvgIpc) is 2.72. The van der Waals surface area contributed by atoms with Crippen LogP contribution in [0.15, 0.2) is 42.5 Å². The van der Waals surface area contributed by atoms with Gasteiger partial charge in [0.25, 0.3) is 5.91 Å². The lowest BCUT2D eigenvalue weighted by Gasteiger charge is -2.23. The molecule has 31 heavy (non-hydrogen) atoms. The summed E-state index contributed by atoms with van der Waals surface area (Å²) in [5.74, 6) is 0.191. The number of amides is 1. The zero-order chi connectivity index (χ0) is 23.2. The van der Waals surface area contributed by atoms with Gasteiger partial charge in [-0.1, -0.05) is 26.0 Å². The van der Waals surface area contributed by atoms with E-state index in [1.54, 1.807) is 26.2 Å². The molecular formula is C23H25F3N2O3. The van der Waals surface area contributed by atoms with Crippen LogP contribution in [0.1, 0.15) is 49.9 Å². The van der Waals surface area contributed by atoms with E-state index in [0.29, 0.717) is 12.2 Å². The van der Waals surface area contributed by atoms with E-state index in [2.05, 4.69) is 5.32 Å². The molecule has 0 fully saturated rings. The monoisotopic (exact) mass is 434 g/mol. The lowest BCUT2D eigenvalue weighted by atomic mass is 10.0. The highest BCUT2D eigenvalue weighted by atomic mass is 19.4. The molecule has 0 radical (unpaired) electrons. The van der Waals surface area contributed by atoms with Crippen molar-refractivity contribution in [3.63, 3.8) is 0 Å². The van der Waals surface area contributed by atoms with Gasteiger partial charge in [-0.2, -0.15) is 18.4 Å². The molecule has 0 aliphatic heterocycles. The topological polar surface area (TPSA) is 71.3 Å². The molecule has 0 aliphatic carbocycles. The van der Waals surface area contributed by atoms with Crippen LogP contribution in [-0.4, -0.2) is 19.1 Å². The van der Waals surface area contributed by atoms with E-state index in [-0.39, 0.29) is 17.7 Å². The van der Waals surface area contributed by atoms with E-state index in [1.165, 1.54) is 12.1 Å². The van der Waals surface area contributed by atoms with Crippen molar-refractivity contribution < 1.29 is 27.4 Å². The molecule has 1 N–H and O–H groups in total. The van der Waals surface area contributed by atoms with Crippen LogP contribution in [0.5, 0.6) is 11.5 Å². The molecule has 8 heteroatoms. The Kier molecular flexibility index (Phi) is 7.92. The Morgan fingerprint density at radius 2 is 1.71 bits per heavy atom. The number of methoxy groups -OCH3 is 1. The summed E-state index contributed by atoms with van der Waals surface area (Å²) in [6.45, 7) is 5.57. The van der Waals surface area contributed by atoms with E-state index < -0.39 is 29.3 Å². The second-order valence-electron chi connectivity index (χ2n) is 7.56. The summed E-state index contributed by atoms with van der Waals surface area (Å²) >= 11 is 0. The maximum atomic E-state index is 13.2. The van der Waals surface area contributed by atoms with Crippen molar-refractivity contribution >= 4 is 5.91 Å². The molecule has 1 unspecified atom stereocenters. The van der Waals surface area contributed by atoms with Gasteiger partial charge >= 0.3 is 6.18 Å². The van der Waals surface area contributed by atoms with Gasteiger partial charge in [-0.05, 0) is 55.2 Å². The summed E-state index contributed by atoms with van der Waals surface area (Å²) < 4.78 is 50.5. The number of halogens is 3. The van der Waals surface area contributed by atoms with Crippen molar-refractivity contribution in [3.05, 3.63) is 59.2 Å². The third-order valence-corrected chi connectivity index (χ3v) is 4.65. The van der Waals surface area contributed by atoms with Crippen molar-refractivity contribution in [2.75, 3.05) is 7.11 Å². The van der Waals surface area contributed by atoms with Crippen molar-refractivity contribution in [1.82, 2.24) is 5.32 Å². The summed E-state index contributed by atoms with van der Waals surface area (Å²) in [7, 11) is 1.56. The first-order chi connectivity index (χ1) is 14.5. The van der Waals surface area contributed by atoms with Crippen molar-refractivity contribution in [3.8, 4) is 17.6 Å². The normalized spacial score (nSPS) is 13.3. The number of benzene rings is 2. The SMILES string of the molecule is COc1ccc([C@@H](C)NC(=O)C(CC(C)C)Oc2ccc(C#N)c(C(F)(F)F)c2)cc1. The second kappa shape index (κ2) is 10.2. The van der Waals surface area contributed by atoms with Crippen LogP contribution in [0.3, 0.4) is 0 Å². The number of carbonyl (C=O) groups excluding carboxylic acids is 1. The van der Waals surface area contributed by atoms with E-state index in [0.717, 1.165) is 17.7 Å². The van der Waals surface area contributed by atoms with Gasteiger partial charge < -0.3 is 14.8 Å². The average molecular weight is 434 g/mol. The first-order valence-corrected chi connectivity index (χ1v) is 9.77. The highest BCUT2D eigenvalue weighted by Gasteiger charge is 2.34. The molecule has 0 aliphatic rings. The van der Waals surface area contributed by atoms with E-state index in [1.807, 2.05) is 26.0 Å². The Morgan fingerprint density at radius 1 is 1.10 bits per heavy atom. The van der Waals surface area contributed by atoms with Crippen LogP contribution in [0.25, 0.3) is 0 Å². The van der Waals surface area contributed by atoms with E-state index in [4.69, 9.17) is 14.7 Å². The molecule has 166 valence electrons. The Balaban J connectivity index is 2.21. The van der Waals surface area contributed by atoms with Gasteiger partial charge in [0, 0.05) is 0 Å². The molecule has 2 rings (SSSR count). The Hall–Kier alpha value is -3.21. The van der Waals surface area contributed by atoms with Crippen LogP contribution in [0.4, 0.5) is 13.2 Å². The Labute approximate surface area is 179 Å². The van der Waals surface area contributed by atoms with Gasteiger partial charge in [-0.3, -0.25) is 4.79 Å². The molecule has 2 aromatic rings. The highest BCUT2D eigenvalue weighted by Crippen LogP contribution is 2.34. The Bertz CT molecular complexity index is 935.